The van der Waals surface area contributed by atoms with Gasteiger partial charge in [-0.2, -0.15) is 0 Å². The highest BCUT2D eigenvalue weighted by atomic mass is 16.1. The van der Waals surface area contributed by atoms with E-state index in [0.29, 0.717) is 5.78 Å². The summed E-state index contributed by atoms with van der Waals surface area (Å²) < 4.78 is 2.34. The number of carbonyl (C=O) groups excluding carboxylic acids is 1. The van der Waals surface area contributed by atoms with Gasteiger partial charge in [0.05, 0.1) is 17.0 Å². The Hall–Kier alpha value is -1.87. The summed E-state index contributed by atoms with van der Waals surface area (Å²) >= 11 is 0. The highest BCUT2D eigenvalue weighted by Gasteiger charge is 2.52. The van der Waals surface area contributed by atoms with E-state index in [4.69, 9.17) is 0 Å². The average Bonchev–Trinajstić information content (AvgIpc) is 2.88. The number of benzene rings is 1. The third-order valence-corrected chi connectivity index (χ3v) is 6.03. The zero-order chi connectivity index (χ0) is 14.9. The van der Waals surface area contributed by atoms with Gasteiger partial charge in [-0.1, -0.05) is 24.3 Å². The van der Waals surface area contributed by atoms with E-state index in [-0.39, 0.29) is 11.5 Å². The van der Waals surface area contributed by atoms with Gasteiger partial charge in [0, 0.05) is 23.8 Å². The summed E-state index contributed by atoms with van der Waals surface area (Å²) in [6, 6.07) is 8.90. The Morgan fingerprint density at radius 1 is 1.27 bits per heavy atom. The van der Waals surface area contributed by atoms with E-state index in [0.717, 1.165) is 32.4 Å². The number of hydrogen-bond acceptors (Lipinski definition) is 2. The number of ketones is 1. The number of carbonyl (C=O) groups is 1. The lowest BCUT2D eigenvalue weighted by molar-refractivity contribution is -0.131. The molecule has 0 saturated carbocycles. The maximum Gasteiger partial charge on any atom is 0.141 e. The molecule has 3 heteroatoms. The zero-order valence-corrected chi connectivity index (χ0v) is 12.9. The number of para-hydroxylation sites is 1. The molecule has 22 heavy (non-hydrogen) atoms. The molecule has 2 aromatic rings. The molecular weight excluding hydrogens is 272 g/mol. The molecule has 3 aliphatic heterocycles. The molecule has 5 rings (SSSR count). The molecule has 1 aromatic heterocycles. The summed E-state index contributed by atoms with van der Waals surface area (Å²) in [7, 11) is 0. The summed E-state index contributed by atoms with van der Waals surface area (Å²) in [5.74, 6) is 0.322. The Morgan fingerprint density at radius 2 is 2.14 bits per heavy atom. The van der Waals surface area contributed by atoms with Gasteiger partial charge in [-0.15, -0.1) is 0 Å². The summed E-state index contributed by atoms with van der Waals surface area (Å²) in [6.45, 7) is 3.98. The molecule has 4 heterocycles. The van der Waals surface area contributed by atoms with Crippen molar-refractivity contribution in [2.45, 2.75) is 32.2 Å². The van der Waals surface area contributed by atoms with Crippen LogP contribution < -0.4 is 0 Å². The molecule has 0 unspecified atom stereocenters. The second-order valence-corrected chi connectivity index (χ2v) is 6.96. The quantitative estimate of drug-likeness (QED) is 0.805. The van der Waals surface area contributed by atoms with Gasteiger partial charge >= 0.3 is 0 Å². The molecule has 2 atom stereocenters. The van der Waals surface area contributed by atoms with E-state index < -0.39 is 0 Å². The monoisotopic (exact) mass is 292 g/mol. The Morgan fingerprint density at radius 3 is 3.00 bits per heavy atom. The van der Waals surface area contributed by atoms with Crippen LogP contribution in [0.15, 0.2) is 30.3 Å². The van der Waals surface area contributed by atoms with E-state index in [2.05, 4.69) is 46.0 Å². The van der Waals surface area contributed by atoms with Crippen LogP contribution in [-0.4, -0.2) is 28.3 Å². The van der Waals surface area contributed by atoms with Gasteiger partial charge in [0.15, 0.2) is 0 Å². The smallest absolute Gasteiger partial charge is 0.141 e. The van der Waals surface area contributed by atoms with E-state index in [9.17, 15) is 4.79 Å². The van der Waals surface area contributed by atoms with Crippen LogP contribution in [0, 0.1) is 5.41 Å². The SMILES string of the molecule is CC(=O)[C@]12C=Cn3c4c(c5ccccc53)CCN(CCC1)[C@@H]42. The van der Waals surface area contributed by atoms with Gasteiger partial charge < -0.3 is 4.57 Å². The number of aromatic nitrogens is 1. The molecule has 0 bridgehead atoms. The van der Waals surface area contributed by atoms with E-state index in [1.807, 2.05) is 0 Å². The highest BCUT2D eigenvalue weighted by molar-refractivity contribution is 5.92. The molecule has 3 nitrogen and oxygen atoms in total. The highest BCUT2D eigenvalue weighted by Crippen LogP contribution is 2.54. The molecular formula is C19H20N2O. The molecule has 1 saturated heterocycles. The van der Waals surface area contributed by atoms with Crippen molar-refractivity contribution in [3.63, 3.8) is 0 Å². The van der Waals surface area contributed by atoms with Crippen LogP contribution in [0.4, 0.5) is 0 Å². The largest absolute Gasteiger partial charge is 0.319 e. The molecule has 0 spiro atoms. The van der Waals surface area contributed by atoms with Crippen molar-refractivity contribution < 1.29 is 4.79 Å². The van der Waals surface area contributed by atoms with Gasteiger partial charge in [-0.05, 0) is 44.4 Å². The number of fused-ring (bicyclic) bond motifs is 3. The molecule has 0 amide bonds. The average molecular weight is 292 g/mol. The summed E-state index contributed by atoms with van der Waals surface area (Å²) in [5, 5.41) is 1.37. The first kappa shape index (κ1) is 12.7. The minimum atomic E-state index is -0.308. The fraction of sp³-hybridized carbons (Fsp3) is 0.421. The van der Waals surface area contributed by atoms with Crippen LogP contribution in [0.5, 0.6) is 0 Å². The van der Waals surface area contributed by atoms with Gasteiger partial charge in [0.1, 0.15) is 5.78 Å². The van der Waals surface area contributed by atoms with Crippen molar-refractivity contribution >= 4 is 22.9 Å². The summed E-state index contributed by atoms with van der Waals surface area (Å²) in [4.78, 5) is 15.1. The lowest BCUT2D eigenvalue weighted by Crippen LogP contribution is -2.53. The van der Waals surface area contributed by atoms with Crippen molar-refractivity contribution in [3.8, 4) is 0 Å². The maximum absolute atomic E-state index is 12.6. The minimum Gasteiger partial charge on any atom is -0.319 e. The molecule has 0 radical (unpaired) electrons. The number of Topliss-reactive ketones (excluding diaryl/α,β-unsaturated/α-hetero) is 1. The molecule has 1 aromatic carbocycles. The standard InChI is InChI=1S/C19H20N2O/c1-13(22)19-8-4-10-20-11-7-15-14-5-2-3-6-16(14)21(12-9-19)17(15)18(19)20/h2-3,5-6,9,12,18H,4,7-8,10-11H2,1H3/t18-,19+/m0/s1. The van der Waals surface area contributed by atoms with E-state index in [1.54, 1.807) is 6.92 Å². The normalized spacial score (nSPS) is 29.6. The van der Waals surface area contributed by atoms with Crippen LogP contribution in [0.1, 0.15) is 37.1 Å². The Balaban J connectivity index is 1.87. The number of nitrogens with zero attached hydrogens (tertiary/aromatic N) is 2. The maximum atomic E-state index is 12.6. The van der Waals surface area contributed by atoms with Gasteiger partial charge in [0.25, 0.3) is 0 Å². The van der Waals surface area contributed by atoms with E-state index >= 15 is 0 Å². The lowest BCUT2D eigenvalue weighted by Gasteiger charge is -2.51. The Labute approximate surface area is 130 Å². The Kier molecular flexibility index (Phi) is 2.36. The first-order valence-electron chi connectivity index (χ1n) is 8.28. The topological polar surface area (TPSA) is 25.2 Å². The first-order valence-corrected chi connectivity index (χ1v) is 8.28. The van der Waals surface area contributed by atoms with Crippen LogP contribution >= 0.6 is 0 Å². The first-order chi connectivity index (χ1) is 10.7. The molecule has 3 aliphatic rings. The van der Waals surface area contributed by atoms with Crippen LogP contribution in [-0.2, 0) is 11.2 Å². The van der Waals surface area contributed by atoms with Gasteiger partial charge in [0.2, 0.25) is 0 Å². The van der Waals surface area contributed by atoms with Crippen molar-refractivity contribution in [2.24, 2.45) is 5.41 Å². The minimum absolute atomic E-state index is 0.236. The predicted molar refractivity (Wildman–Crippen MR) is 87.6 cm³/mol. The number of rotatable bonds is 1. The van der Waals surface area contributed by atoms with Gasteiger partial charge in [-0.25, -0.2) is 0 Å². The molecule has 1 fully saturated rings. The second kappa shape index (κ2) is 4.11. The molecule has 0 aliphatic carbocycles. The number of piperidine rings is 1. The van der Waals surface area contributed by atoms with Crippen LogP contribution in [0.3, 0.4) is 0 Å². The van der Waals surface area contributed by atoms with Crippen LogP contribution in [0.25, 0.3) is 17.1 Å². The fourth-order valence-corrected chi connectivity index (χ4v) is 5.02. The molecule has 0 N–H and O–H groups in total. The summed E-state index contributed by atoms with van der Waals surface area (Å²) in [5.41, 5.74) is 3.82. The van der Waals surface area contributed by atoms with E-state index in [1.165, 1.54) is 22.2 Å². The predicted octanol–water partition coefficient (Wildman–Crippen LogP) is 3.39. The zero-order valence-electron chi connectivity index (χ0n) is 12.9. The second-order valence-electron chi connectivity index (χ2n) is 6.96. The third kappa shape index (κ3) is 1.33. The van der Waals surface area contributed by atoms with Crippen molar-refractivity contribution in [2.75, 3.05) is 13.1 Å². The molecule has 112 valence electrons. The Bertz CT molecular complexity index is 831. The van der Waals surface area contributed by atoms with Crippen LogP contribution in [0.2, 0.25) is 0 Å². The number of hydrogen-bond donors (Lipinski definition) is 0. The van der Waals surface area contributed by atoms with Gasteiger partial charge in [-0.3, -0.25) is 9.69 Å². The van der Waals surface area contributed by atoms with Crippen molar-refractivity contribution in [1.82, 2.24) is 9.47 Å². The van der Waals surface area contributed by atoms with Crippen molar-refractivity contribution in [3.05, 3.63) is 41.6 Å². The lowest BCUT2D eigenvalue weighted by atomic mass is 9.66. The van der Waals surface area contributed by atoms with Crippen molar-refractivity contribution in [1.29, 1.82) is 0 Å². The fourth-order valence-electron chi connectivity index (χ4n) is 5.02. The summed E-state index contributed by atoms with van der Waals surface area (Å²) in [6.07, 6.45) is 7.56. The third-order valence-electron chi connectivity index (χ3n) is 6.03.